The van der Waals surface area contributed by atoms with Gasteiger partial charge >= 0.3 is 6.18 Å². The predicted octanol–water partition coefficient (Wildman–Crippen LogP) is 7.37. The second-order valence-electron chi connectivity index (χ2n) is 10.2. The van der Waals surface area contributed by atoms with E-state index in [-0.39, 0.29) is 11.5 Å². The lowest BCUT2D eigenvalue weighted by atomic mass is 9.76. The third-order valence-corrected chi connectivity index (χ3v) is 7.94. The fourth-order valence-corrected chi connectivity index (χ4v) is 5.46. The van der Waals surface area contributed by atoms with Gasteiger partial charge in [0.25, 0.3) is 0 Å². The Hall–Kier alpha value is -1.49. The molecule has 1 aromatic carbocycles. The summed E-state index contributed by atoms with van der Waals surface area (Å²) in [7, 11) is 0.446. The number of hydrogen-bond donors (Lipinski definition) is 0. The summed E-state index contributed by atoms with van der Waals surface area (Å²) in [5.74, 6) is 0.358. The first-order chi connectivity index (χ1) is 12.5. The standard InChI is InChI=1S/C23H34F3NSi/c1-15-12-17(23(24,25)26)10-11-18(15)20-13-19(16(2)22(3,4)5)21(14-27(20)6)28(7,8)9/h10-14,16,20H,1-9H3. The van der Waals surface area contributed by atoms with E-state index in [0.717, 1.165) is 5.56 Å². The zero-order valence-corrected chi connectivity index (χ0v) is 19.6. The zero-order chi connectivity index (χ0) is 21.7. The van der Waals surface area contributed by atoms with E-state index in [1.54, 1.807) is 13.0 Å². The average Bonchev–Trinajstić information content (AvgIpc) is 2.51. The monoisotopic (exact) mass is 409 g/mol. The molecule has 2 unspecified atom stereocenters. The molecule has 0 aliphatic carbocycles. The van der Waals surface area contributed by atoms with Crippen LogP contribution in [0, 0.1) is 18.3 Å². The van der Waals surface area contributed by atoms with E-state index in [4.69, 9.17) is 0 Å². The molecule has 5 heteroatoms. The Morgan fingerprint density at radius 3 is 2.07 bits per heavy atom. The molecule has 0 saturated heterocycles. The first-order valence-corrected chi connectivity index (χ1v) is 13.4. The van der Waals surface area contributed by atoms with Gasteiger partial charge in [0.1, 0.15) is 0 Å². The van der Waals surface area contributed by atoms with Gasteiger partial charge in [-0.05, 0) is 58.5 Å². The summed E-state index contributed by atoms with van der Waals surface area (Å²) in [5.41, 5.74) is 2.49. The van der Waals surface area contributed by atoms with Crippen LogP contribution in [-0.2, 0) is 6.18 Å². The van der Waals surface area contributed by atoms with Gasteiger partial charge in [0.05, 0.1) is 19.7 Å². The van der Waals surface area contributed by atoms with Crippen LogP contribution in [0.5, 0.6) is 0 Å². The second kappa shape index (κ2) is 7.40. The Morgan fingerprint density at radius 1 is 1.07 bits per heavy atom. The maximum Gasteiger partial charge on any atom is 0.416 e. The van der Waals surface area contributed by atoms with Gasteiger partial charge in [0.15, 0.2) is 0 Å². The largest absolute Gasteiger partial charge is 0.416 e. The molecule has 2 rings (SSSR count). The number of nitrogens with zero attached hydrogens (tertiary/aromatic N) is 1. The van der Waals surface area contributed by atoms with Crippen molar-refractivity contribution in [1.82, 2.24) is 4.90 Å². The van der Waals surface area contributed by atoms with Crippen LogP contribution in [0.25, 0.3) is 0 Å². The lowest BCUT2D eigenvalue weighted by molar-refractivity contribution is -0.137. The molecule has 0 bridgehead atoms. The van der Waals surface area contributed by atoms with E-state index in [1.165, 1.54) is 22.9 Å². The molecule has 0 spiro atoms. The third kappa shape index (κ3) is 4.73. The molecule has 1 aromatic rings. The first-order valence-electron chi connectivity index (χ1n) is 9.87. The van der Waals surface area contributed by atoms with Crippen molar-refractivity contribution in [2.75, 3.05) is 7.05 Å². The number of aryl methyl sites for hydroxylation is 1. The zero-order valence-electron chi connectivity index (χ0n) is 18.6. The summed E-state index contributed by atoms with van der Waals surface area (Å²) in [6.45, 7) is 17.8. The van der Waals surface area contributed by atoms with Crippen molar-refractivity contribution in [3.63, 3.8) is 0 Å². The number of allylic oxidation sites excluding steroid dienone is 2. The van der Waals surface area contributed by atoms with Crippen LogP contribution in [0.1, 0.15) is 50.4 Å². The molecule has 1 aliphatic heterocycles. The minimum Gasteiger partial charge on any atom is -0.370 e. The van der Waals surface area contributed by atoms with Crippen molar-refractivity contribution in [1.29, 1.82) is 0 Å². The Labute approximate surface area is 169 Å². The smallest absolute Gasteiger partial charge is 0.370 e. The van der Waals surface area contributed by atoms with Crippen LogP contribution in [0.15, 0.2) is 41.2 Å². The molecule has 1 nitrogen and oxygen atoms in total. The van der Waals surface area contributed by atoms with E-state index < -0.39 is 19.8 Å². The molecule has 0 saturated carbocycles. The SMILES string of the molecule is Cc1cc(C(F)(F)F)ccc1C1C=C(C(C)C(C)(C)C)C([Si](C)(C)C)=CN1C. The minimum absolute atomic E-state index is 0.0535. The van der Waals surface area contributed by atoms with Crippen molar-refractivity contribution in [3.8, 4) is 0 Å². The molecular weight excluding hydrogens is 375 g/mol. The van der Waals surface area contributed by atoms with Crippen LogP contribution < -0.4 is 0 Å². The van der Waals surface area contributed by atoms with E-state index in [0.29, 0.717) is 11.5 Å². The molecular formula is C23H34F3NSi. The molecule has 28 heavy (non-hydrogen) atoms. The highest BCUT2D eigenvalue weighted by molar-refractivity contribution is 6.84. The maximum atomic E-state index is 13.1. The first kappa shape index (κ1) is 22.8. The van der Waals surface area contributed by atoms with Crippen LogP contribution >= 0.6 is 0 Å². The Morgan fingerprint density at radius 2 is 1.64 bits per heavy atom. The van der Waals surface area contributed by atoms with Crippen LogP contribution in [0.3, 0.4) is 0 Å². The minimum atomic E-state index is -4.31. The Kier molecular flexibility index (Phi) is 6.02. The molecule has 0 aromatic heterocycles. The summed E-state index contributed by atoms with van der Waals surface area (Å²) in [6, 6.07) is 4.06. The van der Waals surface area contributed by atoms with Crippen molar-refractivity contribution < 1.29 is 13.2 Å². The quantitative estimate of drug-likeness (QED) is 0.471. The molecule has 2 atom stereocenters. The van der Waals surface area contributed by atoms with Gasteiger partial charge in [-0.3, -0.25) is 0 Å². The fraction of sp³-hybridized carbons (Fsp3) is 0.565. The number of rotatable bonds is 3. The number of hydrogen-bond acceptors (Lipinski definition) is 1. The lowest BCUT2D eigenvalue weighted by Gasteiger charge is -2.41. The molecule has 0 fully saturated rings. The van der Waals surface area contributed by atoms with Crippen LogP contribution in [0.4, 0.5) is 13.2 Å². The fourth-order valence-electron chi connectivity index (χ4n) is 3.70. The van der Waals surface area contributed by atoms with Gasteiger partial charge in [-0.15, -0.1) is 0 Å². The second-order valence-corrected chi connectivity index (χ2v) is 15.2. The van der Waals surface area contributed by atoms with Crippen LogP contribution in [0.2, 0.25) is 19.6 Å². The summed E-state index contributed by atoms with van der Waals surface area (Å²) >= 11 is 0. The molecule has 1 heterocycles. The highest BCUT2D eigenvalue weighted by Crippen LogP contribution is 2.43. The predicted molar refractivity (Wildman–Crippen MR) is 115 cm³/mol. The Balaban J connectivity index is 2.57. The maximum absolute atomic E-state index is 13.1. The van der Waals surface area contributed by atoms with Crippen molar-refractivity contribution in [2.45, 2.75) is 66.5 Å². The molecule has 1 aliphatic rings. The number of alkyl halides is 3. The van der Waals surface area contributed by atoms with Crippen molar-refractivity contribution >= 4 is 8.07 Å². The molecule has 0 N–H and O–H groups in total. The van der Waals surface area contributed by atoms with Gasteiger partial charge in [-0.25, -0.2) is 0 Å². The van der Waals surface area contributed by atoms with E-state index in [1.807, 2.05) is 7.05 Å². The Bertz CT molecular complexity index is 792. The van der Waals surface area contributed by atoms with E-state index in [2.05, 4.69) is 64.5 Å². The lowest BCUT2D eigenvalue weighted by Crippen LogP contribution is -2.36. The number of likely N-dealkylation sites (N-methyl/N-ethyl adjacent to an activating group) is 1. The molecule has 0 amide bonds. The molecule has 0 radical (unpaired) electrons. The van der Waals surface area contributed by atoms with Gasteiger partial charge < -0.3 is 4.90 Å². The highest BCUT2D eigenvalue weighted by Gasteiger charge is 2.36. The van der Waals surface area contributed by atoms with E-state index >= 15 is 0 Å². The third-order valence-electron chi connectivity index (χ3n) is 5.91. The summed E-state index contributed by atoms with van der Waals surface area (Å²) in [4.78, 5) is 2.15. The van der Waals surface area contributed by atoms with Crippen molar-refractivity contribution in [2.24, 2.45) is 11.3 Å². The van der Waals surface area contributed by atoms with Gasteiger partial charge in [0, 0.05) is 7.05 Å². The highest BCUT2D eigenvalue weighted by atomic mass is 28.3. The average molecular weight is 410 g/mol. The summed E-state index contributed by atoms with van der Waals surface area (Å²) in [6.07, 6.45) is 0.221. The van der Waals surface area contributed by atoms with Gasteiger partial charge in [-0.2, -0.15) is 13.2 Å². The topological polar surface area (TPSA) is 3.24 Å². The number of halogens is 3. The molecule has 156 valence electrons. The van der Waals surface area contributed by atoms with Gasteiger partial charge in [-0.1, -0.05) is 59.5 Å². The van der Waals surface area contributed by atoms with Gasteiger partial charge in [0.2, 0.25) is 0 Å². The summed E-state index contributed by atoms with van der Waals surface area (Å²) in [5, 5.41) is 1.43. The van der Waals surface area contributed by atoms with E-state index in [9.17, 15) is 13.2 Å². The van der Waals surface area contributed by atoms with Crippen molar-refractivity contribution in [3.05, 3.63) is 57.9 Å². The normalized spacial score (nSPS) is 20.0. The van der Waals surface area contributed by atoms with Crippen LogP contribution in [-0.4, -0.2) is 20.0 Å². The summed E-state index contributed by atoms with van der Waals surface area (Å²) < 4.78 is 39.2. The number of benzene rings is 1.